The average Bonchev–Trinajstić information content (AvgIpc) is 3.40. The first-order chi connectivity index (χ1) is 15.4. The molecule has 1 fully saturated rings. The predicted octanol–water partition coefficient (Wildman–Crippen LogP) is 4.91. The van der Waals surface area contributed by atoms with Crippen LogP contribution in [0.2, 0.25) is 0 Å². The molecular formula is C25H29FN4O2. The maximum absolute atomic E-state index is 13.0. The lowest BCUT2D eigenvalue weighted by molar-refractivity contribution is 0.102. The van der Waals surface area contributed by atoms with Crippen molar-refractivity contribution in [1.82, 2.24) is 14.7 Å². The molecule has 4 rings (SSSR count). The van der Waals surface area contributed by atoms with Crippen LogP contribution in [0, 0.1) is 5.82 Å². The van der Waals surface area contributed by atoms with Crippen LogP contribution in [0.1, 0.15) is 43.5 Å². The van der Waals surface area contributed by atoms with Crippen molar-refractivity contribution in [2.24, 2.45) is 0 Å². The number of nitrogens with zero attached hydrogens (tertiary/aromatic N) is 3. The van der Waals surface area contributed by atoms with Crippen molar-refractivity contribution >= 4 is 11.6 Å². The number of hydrogen-bond donors (Lipinski definition) is 1. The summed E-state index contributed by atoms with van der Waals surface area (Å²) in [5, 5.41) is 7.01. The summed E-state index contributed by atoms with van der Waals surface area (Å²) in [6.45, 7) is 7.54. The van der Waals surface area contributed by atoms with Gasteiger partial charge in [0.15, 0.2) is 0 Å². The van der Waals surface area contributed by atoms with E-state index in [1.165, 1.54) is 49.8 Å². The molecule has 0 radical (unpaired) electrons. The Morgan fingerprint density at radius 2 is 1.91 bits per heavy atom. The first-order valence-corrected chi connectivity index (χ1v) is 11.0. The predicted molar refractivity (Wildman–Crippen MR) is 123 cm³/mol. The van der Waals surface area contributed by atoms with E-state index < -0.39 is 0 Å². The van der Waals surface area contributed by atoms with Crippen LogP contribution in [-0.2, 0) is 0 Å². The number of rotatable bonds is 8. The van der Waals surface area contributed by atoms with Gasteiger partial charge in [-0.25, -0.2) is 9.07 Å². The fraction of sp³-hybridized carbons (Fsp3) is 0.360. The van der Waals surface area contributed by atoms with Crippen molar-refractivity contribution in [3.8, 4) is 11.4 Å². The molecule has 2 aromatic carbocycles. The van der Waals surface area contributed by atoms with E-state index in [0.717, 1.165) is 24.4 Å². The van der Waals surface area contributed by atoms with E-state index in [2.05, 4.69) is 29.2 Å². The van der Waals surface area contributed by atoms with Crippen LogP contribution in [-0.4, -0.2) is 45.8 Å². The quantitative estimate of drug-likeness (QED) is 0.510. The van der Waals surface area contributed by atoms with Gasteiger partial charge in [0, 0.05) is 24.0 Å². The summed E-state index contributed by atoms with van der Waals surface area (Å²) in [6, 6.07) is 13.3. The smallest absolute Gasteiger partial charge is 0.258 e. The van der Waals surface area contributed by atoms with E-state index in [9.17, 15) is 9.18 Å². The minimum Gasteiger partial charge on any atom is -0.494 e. The van der Waals surface area contributed by atoms with Crippen LogP contribution in [0.3, 0.4) is 0 Å². The van der Waals surface area contributed by atoms with Crippen molar-refractivity contribution < 1.29 is 13.9 Å². The lowest BCUT2D eigenvalue weighted by atomic mass is 10.0. The molecule has 1 saturated heterocycles. The molecule has 1 aromatic heterocycles. The summed E-state index contributed by atoms with van der Waals surface area (Å²) < 4.78 is 20.5. The second-order valence-electron chi connectivity index (χ2n) is 8.73. The standard InChI is InChI=1S/C25H29FN4O2/c1-25(2)13-3-14-29(25)15-4-16-32-23-11-9-22(10-12-23)30-18-19(17-27-30)24(31)28-21-7-5-20(26)6-8-21/h5-12,17-18H,3-4,13-16H2,1-2H3,(H,28,31). The molecule has 168 valence electrons. The number of halogens is 1. The maximum Gasteiger partial charge on any atom is 0.258 e. The zero-order chi connectivity index (χ0) is 22.6. The molecule has 7 heteroatoms. The molecule has 0 bridgehead atoms. The molecule has 0 aliphatic carbocycles. The molecular weight excluding hydrogens is 407 g/mol. The van der Waals surface area contributed by atoms with E-state index in [4.69, 9.17) is 4.74 Å². The van der Waals surface area contributed by atoms with Crippen molar-refractivity contribution in [2.75, 3.05) is 25.0 Å². The number of benzene rings is 2. The van der Waals surface area contributed by atoms with Gasteiger partial charge in [0.2, 0.25) is 0 Å². The zero-order valence-corrected chi connectivity index (χ0v) is 18.6. The summed E-state index contributed by atoms with van der Waals surface area (Å²) in [6.07, 6.45) is 6.70. The van der Waals surface area contributed by atoms with Gasteiger partial charge in [-0.3, -0.25) is 9.69 Å². The van der Waals surface area contributed by atoms with Crippen LogP contribution in [0.25, 0.3) is 5.69 Å². The fourth-order valence-electron chi connectivity index (χ4n) is 4.04. The molecule has 32 heavy (non-hydrogen) atoms. The lowest BCUT2D eigenvalue weighted by Crippen LogP contribution is -2.39. The van der Waals surface area contributed by atoms with E-state index in [0.29, 0.717) is 23.4 Å². The van der Waals surface area contributed by atoms with Gasteiger partial charge in [0.25, 0.3) is 5.91 Å². The Bertz CT molecular complexity index is 1040. The van der Waals surface area contributed by atoms with Crippen molar-refractivity contribution in [3.63, 3.8) is 0 Å². The minimum atomic E-state index is -0.348. The molecule has 1 amide bonds. The molecule has 0 atom stereocenters. The Morgan fingerprint density at radius 1 is 1.16 bits per heavy atom. The van der Waals surface area contributed by atoms with Gasteiger partial charge in [-0.15, -0.1) is 0 Å². The van der Waals surface area contributed by atoms with Crippen LogP contribution in [0.4, 0.5) is 10.1 Å². The topological polar surface area (TPSA) is 59.4 Å². The van der Waals surface area contributed by atoms with E-state index in [-0.39, 0.29) is 11.7 Å². The third kappa shape index (κ3) is 5.34. The van der Waals surface area contributed by atoms with Crippen LogP contribution in [0.5, 0.6) is 5.75 Å². The molecule has 2 heterocycles. The Kier molecular flexibility index (Phi) is 6.55. The summed E-state index contributed by atoms with van der Waals surface area (Å²) in [4.78, 5) is 14.9. The Morgan fingerprint density at radius 3 is 2.59 bits per heavy atom. The third-order valence-electron chi connectivity index (χ3n) is 5.96. The maximum atomic E-state index is 13.0. The number of aromatic nitrogens is 2. The van der Waals surface area contributed by atoms with Crippen molar-refractivity contribution in [2.45, 2.75) is 38.6 Å². The second kappa shape index (κ2) is 9.53. The van der Waals surface area contributed by atoms with Crippen LogP contribution >= 0.6 is 0 Å². The highest BCUT2D eigenvalue weighted by molar-refractivity contribution is 6.03. The first kappa shape index (κ1) is 22.0. The van der Waals surface area contributed by atoms with E-state index in [1.54, 1.807) is 10.9 Å². The zero-order valence-electron chi connectivity index (χ0n) is 18.6. The van der Waals surface area contributed by atoms with E-state index >= 15 is 0 Å². The number of carbonyl (C=O) groups is 1. The molecule has 0 spiro atoms. The summed E-state index contributed by atoms with van der Waals surface area (Å²) >= 11 is 0. The molecule has 1 aliphatic rings. The number of hydrogen-bond acceptors (Lipinski definition) is 4. The molecule has 0 unspecified atom stereocenters. The third-order valence-corrected chi connectivity index (χ3v) is 5.96. The van der Waals surface area contributed by atoms with Crippen LogP contribution in [0.15, 0.2) is 60.9 Å². The number of amides is 1. The lowest BCUT2D eigenvalue weighted by Gasteiger charge is -2.31. The van der Waals surface area contributed by atoms with Gasteiger partial charge in [-0.2, -0.15) is 5.10 Å². The summed E-state index contributed by atoms with van der Waals surface area (Å²) in [5.74, 6) is 0.165. The Balaban J connectivity index is 1.28. The van der Waals surface area contributed by atoms with Gasteiger partial charge in [-0.1, -0.05) is 0 Å². The Labute approximate surface area is 188 Å². The highest BCUT2D eigenvalue weighted by atomic mass is 19.1. The molecule has 3 aromatic rings. The summed E-state index contributed by atoms with van der Waals surface area (Å²) in [5.41, 5.74) is 2.08. The number of ether oxygens (including phenoxy) is 1. The van der Waals surface area contributed by atoms with Gasteiger partial charge >= 0.3 is 0 Å². The molecule has 1 aliphatic heterocycles. The normalized spacial score (nSPS) is 15.6. The highest BCUT2D eigenvalue weighted by Crippen LogP contribution is 2.28. The highest BCUT2D eigenvalue weighted by Gasteiger charge is 2.30. The molecule has 0 saturated carbocycles. The number of likely N-dealkylation sites (tertiary alicyclic amines) is 1. The summed E-state index contributed by atoms with van der Waals surface area (Å²) in [7, 11) is 0. The monoisotopic (exact) mass is 436 g/mol. The van der Waals surface area contributed by atoms with E-state index in [1.807, 2.05) is 24.3 Å². The van der Waals surface area contributed by atoms with Gasteiger partial charge in [-0.05, 0) is 88.2 Å². The second-order valence-corrected chi connectivity index (χ2v) is 8.73. The molecule has 6 nitrogen and oxygen atoms in total. The van der Waals surface area contributed by atoms with Gasteiger partial charge in [0.1, 0.15) is 11.6 Å². The molecule has 1 N–H and O–H groups in total. The fourth-order valence-corrected chi connectivity index (χ4v) is 4.04. The Hall–Kier alpha value is -3.19. The number of anilines is 1. The van der Waals surface area contributed by atoms with Gasteiger partial charge in [0.05, 0.1) is 24.1 Å². The largest absolute Gasteiger partial charge is 0.494 e. The van der Waals surface area contributed by atoms with Gasteiger partial charge < -0.3 is 10.1 Å². The number of carbonyl (C=O) groups excluding carboxylic acids is 1. The average molecular weight is 437 g/mol. The van der Waals surface area contributed by atoms with Crippen molar-refractivity contribution in [1.29, 1.82) is 0 Å². The van der Waals surface area contributed by atoms with Crippen molar-refractivity contribution in [3.05, 3.63) is 72.3 Å². The van der Waals surface area contributed by atoms with Crippen LogP contribution < -0.4 is 10.1 Å². The number of nitrogens with one attached hydrogen (secondary N) is 1. The SMILES string of the molecule is CC1(C)CCCN1CCCOc1ccc(-n2cc(C(=O)Nc3ccc(F)cc3)cn2)cc1. The minimum absolute atomic E-state index is 0.302. The first-order valence-electron chi connectivity index (χ1n) is 11.0.